The topological polar surface area (TPSA) is 227 Å². The molecule has 1 atom stereocenters. The summed E-state index contributed by atoms with van der Waals surface area (Å²) < 4.78 is 55.5. The smallest absolute Gasteiger partial charge is 0.422 e. The molecule has 2 aliphatic heterocycles. The van der Waals surface area contributed by atoms with E-state index in [1.807, 2.05) is 24.3 Å². The van der Waals surface area contributed by atoms with E-state index in [-0.39, 0.29) is 55.3 Å². The molecule has 5 rings (SSSR count). The number of carbonyl (C=O) groups is 2. The molecule has 6 bridgehead atoms. The van der Waals surface area contributed by atoms with Crippen LogP contribution < -0.4 is 47.4 Å². The van der Waals surface area contributed by atoms with Gasteiger partial charge in [-0.25, -0.2) is 0 Å². The van der Waals surface area contributed by atoms with Crippen LogP contribution in [0.4, 0.5) is 30.8 Å². The number of aliphatic imine (C=N–C) groups is 1. The molecule has 3 heterocycles. The van der Waals surface area contributed by atoms with Gasteiger partial charge in [0.1, 0.15) is 17.5 Å². The standard InChI is InChI=1S/C31H39F3N10O5/c32-31(33,34)18-49-30-43-28-39-17-19-7-10-21(11-8-19)47-14-3-1-2-4-15-48-24-16-20(40-29(42-28)44-30)9-12-22(24)26(46)41-23(25(35)45)6-5-13-38-27(36)37/h7-12,16,23H,1-6,13-15,17-18H2,(H2,35,45)(H,41,46)(H4,36,37,38)(H2,39,40,42,43,44)/t23-/m0/s1. The monoisotopic (exact) mass is 688 g/mol. The van der Waals surface area contributed by atoms with Crippen molar-refractivity contribution in [1.82, 2.24) is 20.3 Å². The molecule has 0 fully saturated rings. The number of hydrogen-bond acceptors (Lipinski definition) is 11. The average Bonchev–Trinajstić information content (AvgIpc) is 3.05. The van der Waals surface area contributed by atoms with Crippen molar-refractivity contribution in [1.29, 1.82) is 0 Å². The number of fused-ring (bicyclic) bond motifs is 10. The number of rotatable bonds is 9. The number of halogens is 3. The van der Waals surface area contributed by atoms with Crippen LogP contribution in [0.5, 0.6) is 17.5 Å². The van der Waals surface area contributed by atoms with Crippen molar-refractivity contribution in [3.63, 3.8) is 0 Å². The number of nitrogens with one attached hydrogen (secondary N) is 3. The minimum absolute atomic E-state index is 0.0503. The molecule has 18 heteroatoms. The van der Waals surface area contributed by atoms with Crippen molar-refractivity contribution >= 4 is 35.4 Å². The number of anilines is 3. The fourth-order valence-electron chi connectivity index (χ4n) is 4.58. The minimum atomic E-state index is -4.62. The van der Waals surface area contributed by atoms with Gasteiger partial charge in [0.05, 0.1) is 18.8 Å². The van der Waals surface area contributed by atoms with Gasteiger partial charge in [0.25, 0.3) is 5.91 Å². The van der Waals surface area contributed by atoms with E-state index < -0.39 is 36.6 Å². The lowest BCUT2D eigenvalue weighted by atomic mass is 10.1. The maximum atomic E-state index is 13.4. The van der Waals surface area contributed by atoms with E-state index in [4.69, 9.17) is 31.4 Å². The number of aromatic nitrogens is 3. The van der Waals surface area contributed by atoms with E-state index in [2.05, 4.69) is 35.9 Å². The van der Waals surface area contributed by atoms with Gasteiger partial charge >= 0.3 is 12.2 Å². The summed E-state index contributed by atoms with van der Waals surface area (Å²) in [6, 6.07) is 10.3. The van der Waals surface area contributed by atoms with Crippen LogP contribution >= 0.6 is 0 Å². The van der Waals surface area contributed by atoms with Crippen molar-refractivity contribution in [3.8, 4) is 17.5 Å². The molecular weight excluding hydrogens is 649 g/mol. The Bertz CT molecular complexity index is 1590. The Kier molecular flexibility index (Phi) is 13.0. The van der Waals surface area contributed by atoms with Crippen molar-refractivity contribution < 1.29 is 37.0 Å². The second-order valence-corrected chi connectivity index (χ2v) is 11.0. The number of amides is 2. The molecule has 2 aromatic carbocycles. The predicted octanol–water partition coefficient (Wildman–Crippen LogP) is 3.14. The second kappa shape index (κ2) is 17.6. The SMILES string of the molecule is NC(=O)[C@H](CCCN=C(N)N)NC(=O)c1ccc2cc1OCCCCCCOc1ccc(cc1)CNc1nc(nc(OCC(F)(F)F)n1)N2. The van der Waals surface area contributed by atoms with Gasteiger partial charge in [-0.2, -0.15) is 28.1 Å². The predicted molar refractivity (Wildman–Crippen MR) is 175 cm³/mol. The first kappa shape index (κ1) is 36.3. The Balaban J connectivity index is 1.60. The molecule has 0 saturated heterocycles. The quantitative estimate of drug-likeness (QED) is 0.108. The summed E-state index contributed by atoms with van der Waals surface area (Å²) in [4.78, 5) is 41.6. The highest BCUT2D eigenvalue weighted by atomic mass is 19.4. The Labute approximate surface area is 280 Å². The lowest BCUT2D eigenvalue weighted by Gasteiger charge is -2.18. The highest BCUT2D eigenvalue weighted by Crippen LogP contribution is 2.27. The Morgan fingerprint density at radius 3 is 2.37 bits per heavy atom. The van der Waals surface area contributed by atoms with Crippen LogP contribution in [0.3, 0.4) is 0 Å². The lowest BCUT2D eigenvalue weighted by molar-refractivity contribution is -0.154. The van der Waals surface area contributed by atoms with E-state index in [9.17, 15) is 22.8 Å². The van der Waals surface area contributed by atoms with E-state index in [1.165, 1.54) is 18.2 Å². The van der Waals surface area contributed by atoms with Crippen molar-refractivity contribution in [2.24, 2.45) is 22.2 Å². The number of guanidine groups is 1. The van der Waals surface area contributed by atoms with E-state index in [0.717, 1.165) is 24.8 Å². The first-order valence-electron chi connectivity index (χ1n) is 15.6. The summed E-state index contributed by atoms with van der Waals surface area (Å²) in [5.41, 5.74) is 17.5. The first-order valence-corrected chi connectivity index (χ1v) is 15.6. The molecular formula is C31H39F3N10O5. The van der Waals surface area contributed by atoms with Gasteiger partial charge in [0, 0.05) is 24.8 Å². The summed E-state index contributed by atoms with van der Waals surface area (Å²) in [7, 11) is 0. The fraction of sp³-hybridized carbons (Fsp3) is 0.419. The molecule has 0 radical (unpaired) electrons. The van der Waals surface area contributed by atoms with E-state index >= 15 is 0 Å². The van der Waals surface area contributed by atoms with Crippen molar-refractivity contribution in [2.45, 2.75) is 57.3 Å². The zero-order valence-electron chi connectivity index (χ0n) is 26.6. The molecule has 3 aromatic rings. The summed E-state index contributed by atoms with van der Waals surface area (Å²) >= 11 is 0. The van der Waals surface area contributed by atoms with Gasteiger partial charge in [0.15, 0.2) is 12.6 Å². The number of nitrogens with zero attached hydrogens (tertiary/aromatic N) is 4. The Hall–Kier alpha value is -5.55. The zero-order valence-corrected chi connectivity index (χ0v) is 26.6. The molecule has 2 amide bonds. The lowest BCUT2D eigenvalue weighted by Crippen LogP contribution is -2.44. The molecule has 0 saturated carbocycles. The maximum absolute atomic E-state index is 13.4. The first-order chi connectivity index (χ1) is 23.4. The molecule has 15 nitrogen and oxygen atoms in total. The van der Waals surface area contributed by atoms with Crippen LogP contribution in [0, 0.1) is 0 Å². The fourth-order valence-corrected chi connectivity index (χ4v) is 4.58. The average molecular weight is 689 g/mol. The number of hydrogen-bond donors (Lipinski definition) is 6. The number of ether oxygens (including phenoxy) is 3. The van der Waals surface area contributed by atoms with Crippen LogP contribution in [0.15, 0.2) is 47.5 Å². The molecule has 2 aliphatic rings. The van der Waals surface area contributed by atoms with Crippen LogP contribution in [0.1, 0.15) is 54.4 Å². The van der Waals surface area contributed by atoms with Crippen molar-refractivity contribution in [3.05, 3.63) is 53.6 Å². The maximum Gasteiger partial charge on any atom is 0.422 e. The van der Waals surface area contributed by atoms with Gasteiger partial charge in [-0.15, -0.1) is 0 Å². The largest absolute Gasteiger partial charge is 0.494 e. The van der Waals surface area contributed by atoms with Gasteiger partial charge in [-0.05, 0) is 68.4 Å². The highest BCUT2D eigenvalue weighted by Gasteiger charge is 2.29. The normalized spacial score (nSPS) is 14.3. The third-order valence-electron chi connectivity index (χ3n) is 7.00. The van der Waals surface area contributed by atoms with Gasteiger partial charge in [0.2, 0.25) is 17.8 Å². The number of primary amides is 1. The van der Waals surface area contributed by atoms with Crippen LogP contribution in [-0.4, -0.2) is 71.3 Å². The van der Waals surface area contributed by atoms with Crippen LogP contribution in [-0.2, 0) is 11.3 Å². The summed E-state index contributed by atoms with van der Waals surface area (Å²) in [5.74, 6) is -0.767. The summed E-state index contributed by atoms with van der Waals surface area (Å²) in [6.07, 6.45) is -0.831. The van der Waals surface area contributed by atoms with E-state index in [1.54, 1.807) is 0 Å². The van der Waals surface area contributed by atoms with Gasteiger partial charge < -0.3 is 47.4 Å². The Morgan fingerprint density at radius 2 is 1.67 bits per heavy atom. The van der Waals surface area contributed by atoms with Gasteiger partial charge in [-0.1, -0.05) is 12.1 Å². The van der Waals surface area contributed by atoms with E-state index in [0.29, 0.717) is 30.9 Å². The second-order valence-electron chi connectivity index (χ2n) is 11.0. The molecule has 49 heavy (non-hydrogen) atoms. The molecule has 264 valence electrons. The third-order valence-corrected chi connectivity index (χ3v) is 7.00. The molecule has 9 N–H and O–H groups in total. The summed E-state index contributed by atoms with van der Waals surface area (Å²) in [6.45, 7) is -0.339. The van der Waals surface area contributed by atoms with Crippen molar-refractivity contribution in [2.75, 3.05) is 37.0 Å². The minimum Gasteiger partial charge on any atom is -0.494 e. The number of alkyl halides is 3. The zero-order chi connectivity index (χ0) is 35.2. The van der Waals surface area contributed by atoms with Gasteiger partial charge in [-0.3, -0.25) is 14.6 Å². The Morgan fingerprint density at radius 1 is 0.959 bits per heavy atom. The number of benzene rings is 2. The molecule has 0 aliphatic carbocycles. The number of carbonyl (C=O) groups excluding carboxylic acids is 2. The van der Waals surface area contributed by atoms with Crippen LogP contribution in [0.2, 0.25) is 0 Å². The highest BCUT2D eigenvalue weighted by molar-refractivity contribution is 6.00. The number of nitrogens with two attached hydrogens (primary N) is 3. The van der Waals surface area contributed by atoms with Crippen LogP contribution in [0.25, 0.3) is 0 Å². The third kappa shape index (κ3) is 12.5. The molecule has 0 unspecified atom stereocenters. The molecule has 1 aromatic heterocycles. The molecule has 0 spiro atoms. The summed E-state index contributed by atoms with van der Waals surface area (Å²) in [5, 5.41) is 8.53.